The van der Waals surface area contributed by atoms with Crippen molar-refractivity contribution in [1.29, 1.82) is 0 Å². The van der Waals surface area contributed by atoms with E-state index in [-0.39, 0.29) is 11.8 Å². The molecule has 0 bridgehead atoms. The van der Waals surface area contributed by atoms with E-state index < -0.39 is 40.5 Å². The molecule has 0 amide bonds. The average Bonchev–Trinajstić information content (AvgIpc) is 2.59. The second-order valence-electron chi connectivity index (χ2n) is 4.73. The molecule has 10 heteroatoms. The Hall–Kier alpha value is -3.30. The summed E-state index contributed by atoms with van der Waals surface area (Å²) in [6.45, 7) is 0. The second kappa shape index (κ2) is 6.67. The summed E-state index contributed by atoms with van der Waals surface area (Å²) in [4.78, 5) is 3.83. The van der Waals surface area contributed by atoms with Gasteiger partial charge in [0, 0.05) is 0 Å². The molecule has 0 unspecified atom stereocenters. The smallest absolute Gasteiger partial charge is 0.249 e. The fourth-order valence-corrected chi connectivity index (χ4v) is 1.91. The van der Waals surface area contributed by atoms with E-state index in [4.69, 9.17) is 0 Å². The molecule has 0 saturated heterocycles. The summed E-state index contributed by atoms with van der Waals surface area (Å²) in [5, 5.41) is 11.7. The lowest BCUT2D eigenvalue weighted by molar-refractivity contribution is 0.449. The van der Waals surface area contributed by atoms with Crippen LogP contribution in [0.4, 0.5) is 45.1 Å². The molecule has 0 aliphatic carbocycles. The molecule has 0 spiro atoms. The number of halogens is 5. The zero-order valence-electron chi connectivity index (χ0n) is 12.2. The van der Waals surface area contributed by atoms with E-state index in [1.165, 1.54) is 6.07 Å². The Labute approximate surface area is 137 Å². The van der Waals surface area contributed by atoms with Crippen molar-refractivity contribution in [3.05, 3.63) is 65.6 Å². The minimum absolute atomic E-state index is 0.112. The van der Waals surface area contributed by atoms with Crippen molar-refractivity contribution in [3.8, 4) is 0 Å². The van der Waals surface area contributed by atoms with E-state index in [2.05, 4.69) is 25.8 Å². The number of benzene rings is 2. The topological polar surface area (TPSA) is 62.7 Å². The van der Waals surface area contributed by atoms with Gasteiger partial charge in [-0.25, -0.2) is 22.0 Å². The molecule has 0 saturated carbocycles. The van der Waals surface area contributed by atoms with Gasteiger partial charge in [-0.3, -0.25) is 0 Å². The molecule has 3 aromatic rings. The van der Waals surface area contributed by atoms with Crippen LogP contribution < -0.4 is 10.6 Å². The summed E-state index contributed by atoms with van der Waals surface area (Å²) in [5.41, 5.74) is -0.900. The van der Waals surface area contributed by atoms with Crippen LogP contribution in [0.2, 0.25) is 0 Å². The molecule has 1 heterocycles. The Kier molecular flexibility index (Phi) is 4.42. The number of anilines is 4. The molecule has 1 aromatic heterocycles. The highest BCUT2D eigenvalue weighted by Gasteiger charge is 2.15. The summed E-state index contributed by atoms with van der Waals surface area (Å²) >= 11 is 0. The van der Waals surface area contributed by atoms with E-state index in [0.717, 1.165) is 30.5 Å². The Morgan fingerprint density at radius 3 is 2.20 bits per heavy atom. The Morgan fingerprint density at radius 2 is 1.48 bits per heavy atom. The van der Waals surface area contributed by atoms with Crippen molar-refractivity contribution in [2.24, 2.45) is 0 Å². The maximum atomic E-state index is 13.6. The van der Waals surface area contributed by atoms with E-state index in [9.17, 15) is 22.0 Å². The van der Waals surface area contributed by atoms with Crippen molar-refractivity contribution < 1.29 is 22.0 Å². The van der Waals surface area contributed by atoms with Crippen LogP contribution in [0.15, 0.2) is 36.5 Å². The first-order valence-corrected chi connectivity index (χ1v) is 6.77. The molecule has 0 aliphatic rings. The molecule has 5 nitrogen and oxygen atoms in total. The lowest BCUT2D eigenvalue weighted by Gasteiger charge is -2.09. The van der Waals surface area contributed by atoms with Gasteiger partial charge in [-0.05, 0) is 24.3 Å². The summed E-state index contributed by atoms with van der Waals surface area (Å²) in [7, 11) is 0. The third-order valence-electron chi connectivity index (χ3n) is 3.06. The van der Waals surface area contributed by atoms with Gasteiger partial charge in [0.05, 0.1) is 11.9 Å². The molecule has 2 aromatic carbocycles. The third kappa shape index (κ3) is 3.47. The van der Waals surface area contributed by atoms with Gasteiger partial charge in [-0.1, -0.05) is 6.07 Å². The number of rotatable bonds is 4. The molecule has 128 valence electrons. The molecular formula is C15H8F5N5. The Morgan fingerprint density at radius 1 is 0.760 bits per heavy atom. The monoisotopic (exact) mass is 353 g/mol. The van der Waals surface area contributed by atoms with Crippen molar-refractivity contribution in [2.45, 2.75) is 0 Å². The normalized spacial score (nSPS) is 10.6. The quantitative estimate of drug-likeness (QED) is 0.547. The van der Waals surface area contributed by atoms with E-state index in [0.29, 0.717) is 0 Å². The maximum Gasteiger partial charge on any atom is 0.249 e. The molecule has 25 heavy (non-hydrogen) atoms. The molecule has 0 fully saturated rings. The first-order chi connectivity index (χ1) is 12.0. The highest BCUT2D eigenvalue weighted by Crippen LogP contribution is 2.24. The lowest BCUT2D eigenvalue weighted by Crippen LogP contribution is -2.06. The molecule has 2 N–H and O–H groups in total. The summed E-state index contributed by atoms with van der Waals surface area (Å²) in [5.74, 6) is -6.62. The van der Waals surface area contributed by atoms with Crippen LogP contribution in [0.5, 0.6) is 0 Å². The minimum Gasteiger partial charge on any atom is -0.336 e. The first kappa shape index (κ1) is 16.6. The highest BCUT2D eigenvalue weighted by molar-refractivity contribution is 5.59. The first-order valence-electron chi connectivity index (χ1n) is 6.77. The van der Waals surface area contributed by atoms with Gasteiger partial charge in [0.25, 0.3) is 0 Å². The van der Waals surface area contributed by atoms with Crippen molar-refractivity contribution in [2.75, 3.05) is 10.6 Å². The number of aromatic nitrogens is 3. The summed E-state index contributed by atoms with van der Waals surface area (Å²) < 4.78 is 67.0. The average molecular weight is 353 g/mol. The summed E-state index contributed by atoms with van der Waals surface area (Å²) in [6, 6.07) is 4.91. The van der Waals surface area contributed by atoms with Crippen LogP contribution in [-0.4, -0.2) is 15.2 Å². The molecule has 0 radical (unpaired) electrons. The Balaban J connectivity index is 1.86. The van der Waals surface area contributed by atoms with E-state index in [1.54, 1.807) is 0 Å². The van der Waals surface area contributed by atoms with Gasteiger partial charge in [0.2, 0.25) is 5.95 Å². The van der Waals surface area contributed by atoms with E-state index >= 15 is 0 Å². The standard InChI is InChI=1S/C15H8F5N5/c16-7-4-5-10(13(20)12(7)19)22-11-6-21-25-15(23-11)24-14-8(17)2-1-3-9(14)18/h1-6H,(H2,22,23,24,25). The highest BCUT2D eigenvalue weighted by atomic mass is 19.2. The fourth-order valence-electron chi connectivity index (χ4n) is 1.91. The predicted octanol–water partition coefficient (Wildman–Crippen LogP) is 4.05. The van der Waals surface area contributed by atoms with Gasteiger partial charge in [-0.15, -0.1) is 5.10 Å². The number of hydrogen-bond donors (Lipinski definition) is 2. The number of nitrogens with one attached hydrogen (secondary N) is 2. The number of nitrogens with zero attached hydrogens (tertiary/aromatic N) is 3. The fraction of sp³-hybridized carbons (Fsp3) is 0. The molecule has 0 atom stereocenters. The van der Waals surface area contributed by atoms with Crippen molar-refractivity contribution in [1.82, 2.24) is 15.2 Å². The zero-order valence-corrected chi connectivity index (χ0v) is 12.2. The Bertz CT molecular complexity index is 914. The van der Waals surface area contributed by atoms with Crippen molar-refractivity contribution >= 4 is 23.1 Å². The van der Waals surface area contributed by atoms with Gasteiger partial charge >= 0.3 is 0 Å². The van der Waals surface area contributed by atoms with Crippen LogP contribution >= 0.6 is 0 Å². The summed E-state index contributed by atoms with van der Waals surface area (Å²) in [6.07, 6.45) is 1.06. The van der Waals surface area contributed by atoms with Gasteiger partial charge in [-0.2, -0.15) is 10.1 Å². The largest absolute Gasteiger partial charge is 0.336 e. The number of para-hydroxylation sites is 1. The zero-order chi connectivity index (χ0) is 18.0. The van der Waals surface area contributed by atoms with Crippen LogP contribution in [-0.2, 0) is 0 Å². The second-order valence-corrected chi connectivity index (χ2v) is 4.73. The van der Waals surface area contributed by atoms with Crippen LogP contribution in [0.25, 0.3) is 0 Å². The molecular weight excluding hydrogens is 345 g/mol. The third-order valence-corrected chi connectivity index (χ3v) is 3.06. The van der Waals surface area contributed by atoms with Gasteiger partial charge < -0.3 is 10.6 Å². The van der Waals surface area contributed by atoms with Gasteiger partial charge in [0.15, 0.2) is 23.3 Å². The van der Waals surface area contributed by atoms with Crippen molar-refractivity contribution in [3.63, 3.8) is 0 Å². The predicted molar refractivity (Wildman–Crippen MR) is 79.1 cm³/mol. The van der Waals surface area contributed by atoms with Crippen LogP contribution in [0.3, 0.4) is 0 Å². The molecule has 0 aliphatic heterocycles. The number of hydrogen-bond acceptors (Lipinski definition) is 5. The lowest BCUT2D eigenvalue weighted by atomic mass is 10.3. The van der Waals surface area contributed by atoms with Crippen LogP contribution in [0.1, 0.15) is 0 Å². The SMILES string of the molecule is Fc1ccc(Nc2cnnc(Nc3c(F)cccc3F)n2)c(F)c1F. The van der Waals surface area contributed by atoms with Gasteiger partial charge in [0.1, 0.15) is 17.3 Å². The van der Waals surface area contributed by atoms with E-state index in [1.807, 2.05) is 0 Å². The molecule has 3 rings (SSSR count). The maximum absolute atomic E-state index is 13.6. The van der Waals surface area contributed by atoms with Crippen LogP contribution in [0, 0.1) is 29.1 Å². The minimum atomic E-state index is -1.65.